The number of nitrogens with one attached hydrogen (secondary N) is 1. The van der Waals surface area contributed by atoms with Gasteiger partial charge in [-0.05, 0) is 13.3 Å². The molecular weight excluding hydrogens is 156 g/mol. The Kier molecular flexibility index (Phi) is 3.24. The van der Waals surface area contributed by atoms with Crippen molar-refractivity contribution >= 4 is 16.9 Å². The molecule has 1 heterocycles. The fraction of sp³-hybridized carbons (Fsp3) is 0.875. The van der Waals surface area contributed by atoms with Gasteiger partial charge in [0, 0.05) is 11.3 Å². The molecule has 0 saturated carbocycles. The lowest BCUT2D eigenvalue weighted by atomic mass is 10.3. The van der Waals surface area contributed by atoms with Crippen molar-refractivity contribution in [2.24, 2.45) is 4.99 Å². The van der Waals surface area contributed by atoms with E-state index in [0.717, 1.165) is 18.1 Å². The lowest BCUT2D eigenvalue weighted by molar-refractivity contribution is 0.646. The molecule has 64 valence electrons. The first kappa shape index (κ1) is 8.91. The van der Waals surface area contributed by atoms with Crippen molar-refractivity contribution < 1.29 is 0 Å². The number of aliphatic imine (C=N–C) groups is 1. The zero-order chi connectivity index (χ0) is 8.27. The van der Waals surface area contributed by atoms with Gasteiger partial charge < -0.3 is 5.32 Å². The number of hydrogen-bond donors (Lipinski definition) is 1. The molecule has 0 saturated heterocycles. The topological polar surface area (TPSA) is 24.4 Å². The maximum absolute atomic E-state index is 4.37. The maximum Gasteiger partial charge on any atom is 0.157 e. The summed E-state index contributed by atoms with van der Waals surface area (Å²) in [5.41, 5.74) is 0. The highest BCUT2D eigenvalue weighted by atomic mass is 32.2. The summed E-state index contributed by atoms with van der Waals surface area (Å²) in [6.07, 6.45) is 1.16. The maximum atomic E-state index is 4.37. The monoisotopic (exact) mass is 172 g/mol. The minimum absolute atomic E-state index is 0.562. The van der Waals surface area contributed by atoms with E-state index in [1.54, 1.807) is 0 Å². The van der Waals surface area contributed by atoms with Gasteiger partial charge in [-0.2, -0.15) is 0 Å². The number of amidine groups is 1. The van der Waals surface area contributed by atoms with Gasteiger partial charge in [0.2, 0.25) is 0 Å². The van der Waals surface area contributed by atoms with Gasteiger partial charge in [0.05, 0.1) is 6.54 Å². The Labute approximate surface area is 72.9 Å². The van der Waals surface area contributed by atoms with Crippen molar-refractivity contribution in [2.75, 3.05) is 6.54 Å². The van der Waals surface area contributed by atoms with Crippen LogP contribution in [-0.2, 0) is 0 Å². The smallest absolute Gasteiger partial charge is 0.157 e. The Balaban J connectivity index is 2.27. The van der Waals surface area contributed by atoms with Crippen molar-refractivity contribution in [1.29, 1.82) is 0 Å². The number of thioether (sulfide) groups is 1. The number of rotatable bonds is 2. The van der Waals surface area contributed by atoms with Crippen LogP contribution in [0.15, 0.2) is 4.99 Å². The molecule has 0 fully saturated rings. The largest absolute Gasteiger partial charge is 0.362 e. The normalized spacial score (nSPS) is 26.5. The van der Waals surface area contributed by atoms with Gasteiger partial charge in [-0.15, -0.1) is 0 Å². The standard InChI is InChI=1S/C8H16N2S/c1-4-6(2)10-8-9-5-7(3)11-8/h6-7H,4-5H2,1-3H3,(H,9,10)/t6-,7+/m0/s1. The van der Waals surface area contributed by atoms with Crippen LogP contribution in [0.5, 0.6) is 0 Å². The molecule has 1 N–H and O–H groups in total. The summed E-state index contributed by atoms with van der Waals surface area (Å²) in [7, 11) is 0. The molecule has 2 atom stereocenters. The fourth-order valence-corrected chi connectivity index (χ4v) is 1.82. The second kappa shape index (κ2) is 4.00. The molecule has 0 aliphatic carbocycles. The molecule has 0 bridgehead atoms. The molecule has 0 unspecified atom stereocenters. The highest BCUT2D eigenvalue weighted by Crippen LogP contribution is 2.18. The Morgan fingerprint density at radius 1 is 1.82 bits per heavy atom. The van der Waals surface area contributed by atoms with Gasteiger partial charge >= 0.3 is 0 Å². The minimum atomic E-state index is 0.562. The first-order chi connectivity index (χ1) is 5.22. The van der Waals surface area contributed by atoms with Gasteiger partial charge in [-0.3, -0.25) is 4.99 Å². The Bertz CT molecular complexity index is 156. The summed E-state index contributed by atoms with van der Waals surface area (Å²) in [6.45, 7) is 7.55. The molecule has 0 radical (unpaired) electrons. The molecule has 0 aromatic carbocycles. The van der Waals surface area contributed by atoms with Crippen LogP contribution < -0.4 is 5.32 Å². The van der Waals surface area contributed by atoms with Crippen LogP contribution in [0.1, 0.15) is 27.2 Å². The van der Waals surface area contributed by atoms with Crippen LogP contribution >= 0.6 is 11.8 Å². The molecule has 0 aromatic rings. The van der Waals surface area contributed by atoms with Gasteiger partial charge in [-0.1, -0.05) is 25.6 Å². The molecule has 1 aliphatic heterocycles. The van der Waals surface area contributed by atoms with E-state index >= 15 is 0 Å². The van der Waals surface area contributed by atoms with Crippen LogP contribution in [0.3, 0.4) is 0 Å². The lowest BCUT2D eigenvalue weighted by Gasteiger charge is -2.11. The molecule has 1 aliphatic rings. The summed E-state index contributed by atoms with van der Waals surface area (Å²) in [4.78, 5) is 4.37. The Morgan fingerprint density at radius 2 is 2.55 bits per heavy atom. The predicted molar refractivity (Wildman–Crippen MR) is 52.2 cm³/mol. The molecule has 0 aromatic heterocycles. The average Bonchev–Trinajstić information content (AvgIpc) is 2.35. The molecule has 3 heteroatoms. The number of nitrogens with zero attached hydrogens (tertiary/aromatic N) is 1. The summed E-state index contributed by atoms with van der Waals surface area (Å²) in [5, 5.41) is 5.17. The highest BCUT2D eigenvalue weighted by Gasteiger charge is 2.15. The lowest BCUT2D eigenvalue weighted by Crippen LogP contribution is -2.29. The summed E-state index contributed by atoms with van der Waals surface area (Å²) < 4.78 is 0. The van der Waals surface area contributed by atoms with Crippen molar-refractivity contribution in [2.45, 2.75) is 38.5 Å². The van der Waals surface area contributed by atoms with Gasteiger partial charge in [0.1, 0.15) is 0 Å². The van der Waals surface area contributed by atoms with E-state index in [0.29, 0.717) is 11.3 Å². The molecular formula is C8H16N2S. The average molecular weight is 172 g/mol. The number of hydrogen-bond acceptors (Lipinski definition) is 3. The quantitative estimate of drug-likeness (QED) is 0.687. The van der Waals surface area contributed by atoms with Crippen LogP contribution in [0.2, 0.25) is 0 Å². The zero-order valence-electron chi connectivity index (χ0n) is 7.42. The zero-order valence-corrected chi connectivity index (χ0v) is 8.24. The molecule has 0 spiro atoms. The second-order valence-electron chi connectivity index (χ2n) is 3.03. The van der Waals surface area contributed by atoms with E-state index in [1.807, 2.05) is 11.8 Å². The van der Waals surface area contributed by atoms with Gasteiger partial charge in [0.25, 0.3) is 0 Å². The first-order valence-corrected chi connectivity index (χ1v) is 5.08. The van der Waals surface area contributed by atoms with Crippen molar-refractivity contribution in [3.63, 3.8) is 0 Å². The third-order valence-electron chi connectivity index (χ3n) is 1.79. The van der Waals surface area contributed by atoms with Crippen LogP contribution in [0.4, 0.5) is 0 Å². The van der Waals surface area contributed by atoms with E-state index < -0.39 is 0 Å². The van der Waals surface area contributed by atoms with E-state index in [9.17, 15) is 0 Å². The fourth-order valence-electron chi connectivity index (χ4n) is 0.869. The molecule has 0 amide bonds. The second-order valence-corrected chi connectivity index (χ2v) is 4.46. The van der Waals surface area contributed by atoms with E-state index in [1.165, 1.54) is 0 Å². The third kappa shape index (κ3) is 2.73. The van der Waals surface area contributed by atoms with Crippen LogP contribution in [0.25, 0.3) is 0 Å². The first-order valence-electron chi connectivity index (χ1n) is 4.20. The SMILES string of the molecule is CC[C@H](C)NC1=NC[C@@H](C)S1. The minimum Gasteiger partial charge on any atom is -0.362 e. The van der Waals surface area contributed by atoms with Crippen LogP contribution in [-0.4, -0.2) is 23.0 Å². The van der Waals surface area contributed by atoms with Crippen molar-refractivity contribution in [3.8, 4) is 0 Å². The van der Waals surface area contributed by atoms with E-state index in [4.69, 9.17) is 0 Å². The molecule has 1 rings (SSSR count). The van der Waals surface area contributed by atoms with Crippen molar-refractivity contribution in [1.82, 2.24) is 5.32 Å². The Hall–Kier alpha value is -0.180. The predicted octanol–water partition coefficient (Wildman–Crippen LogP) is 1.87. The van der Waals surface area contributed by atoms with Gasteiger partial charge in [-0.25, -0.2) is 0 Å². The van der Waals surface area contributed by atoms with Crippen molar-refractivity contribution in [3.05, 3.63) is 0 Å². The third-order valence-corrected chi connectivity index (χ3v) is 2.81. The molecule has 11 heavy (non-hydrogen) atoms. The Morgan fingerprint density at radius 3 is 3.00 bits per heavy atom. The van der Waals surface area contributed by atoms with Crippen LogP contribution in [0, 0.1) is 0 Å². The van der Waals surface area contributed by atoms with E-state index in [-0.39, 0.29) is 0 Å². The van der Waals surface area contributed by atoms with E-state index in [2.05, 4.69) is 31.1 Å². The molecule has 2 nitrogen and oxygen atoms in total. The van der Waals surface area contributed by atoms with Gasteiger partial charge in [0.15, 0.2) is 5.17 Å². The summed E-state index contributed by atoms with van der Waals surface area (Å²) >= 11 is 1.85. The summed E-state index contributed by atoms with van der Waals surface area (Å²) in [5.74, 6) is 0. The highest BCUT2D eigenvalue weighted by molar-refractivity contribution is 8.14. The summed E-state index contributed by atoms with van der Waals surface area (Å²) in [6, 6.07) is 0.562.